The van der Waals surface area contributed by atoms with Crippen molar-refractivity contribution in [3.8, 4) is 0 Å². The number of carbonyl (C=O) groups is 1. The van der Waals surface area contributed by atoms with E-state index in [2.05, 4.69) is 14.7 Å². The van der Waals surface area contributed by atoms with Gasteiger partial charge in [-0.15, -0.1) is 0 Å². The number of esters is 1. The first-order valence-electron chi connectivity index (χ1n) is 5.43. The molecule has 6 heteroatoms. The molecule has 0 aliphatic carbocycles. The van der Waals surface area contributed by atoms with Crippen molar-refractivity contribution in [3.63, 3.8) is 0 Å². The van der Waals surface area contributed by atoms with Gasteiger partial charge in [0.2, 0.25) is 0 Å². The third-order valence-corrected chi connectivity index (χ3v) is 2.67. The fourth-order valence-electron chi connectivity index (χ4n) is 1.70. The molecule has 0 atom stereocenters. The van der Waals surface area contributed by atoms with E-state index < -0.39 is 5.97 Å². The summed E-state index contributed by atoms with van der Waals surface area (Å²) in [5.41, 5.74) is 7.10. The highest BCUT2D eigenvalue weighted by molar-refractivity contribution is 5.92. The van der Waals surface area contributed by atoms with E-state index in [1.807, 2.05) is 12.1 Å². The van der Waals surface area contributed by atoms with E-state index in [4.69, 9.17) is 5.73 Å². The van der Waals surface area contributed by atoms with Gasteiger partial charge >= 0.3 is 5.97 Å². The van der Waals surface area contributed by atoms with E-state index in [9.17, 15) is 4.79 Å². The van der Waals surface area contributed by atoms with Crippen molar-refractivity contribution in [2.24, 2.45) is 0 Å². The molecule has 0 amide bonds. The average molecular weight is 246 g/mol. The minimum absolute atomic E-state index is 0.157. The Balaban J connectivity index is 2.34. The molecule has 2 aromatic rings. The number of aromatic nitrogens is 3. The zero-order valence-corrected chi connectivity index (χ0v) is 10.3. The third kappa shape index (κ3) is 2.17. The van der Waals surface area contributed by atoms with Gasteiger partial charge in [0.05, 0.1) is 13.7 Å². The number of pyridine rings is 1. The van der Waals surface area contributed by atoms with Gasteiger partial charge in [-0.3, -0.25) is 4.98 Å². The van der Waals surface area contributed by atoms with Crippen molar-refractivity contribution in [1.29, 1.82) is 0 Å². The van der Waals surface area contributed by atoms with Gasteiger partial charge in [-0.05, 0) is 24.6 Å². The average Bonchev–Trinajstić information content (AvgIpc) is 2.67. The predicted octanol–water partition coefficient (Wildman–Crippen LogP) is 1.00. The lowest BCUT2D eigenvalue weighted by molar-refractivity contribution is 0.0595. The maximum atomic E-state index is 11.5. The van der Waals surface area contributed by atoms with Crippen LogP contribution in [-0.2, 0) is 11.3 Å². The molecular weight excluding hydrogens is 232 g/mol. The van der Waals surface area contributed by atoms with Crippen molar-refractivity contribution in [3.05, 3.63) is 41.6 Å². The maximum absolute atomic E-state index is 11.5. The molecule has 0 saturated heterocycles. The number of rotatable bonds is 3. The number of nitrogens with two attached hydrogens (primary N) is 1. The van der Waals surface area contributed by atoms with Crippen LogP contribution < -0.4 is 5.73 Å². The van der Waals surface area contributed by atoms with Gasteiger partial charge < -0.3 is 15.0 Å². The third-order valence-electron chi connectivity index (χ3n) is 2.67. The summed E-state index contributed by atoms with van der Waals surface area (Å²) in [4.78, 5) is 19.5. The summed E-state index contributed by atoms with van der Waals surface area (Å²) in [6.07, 6.45) is 3.41. The fraction of sp³-hybridized carbons (Fsp3) is 0.250. The molecule has 2 aromatic heterocycles. The SMILES string of the molecule is COC(=O)c1nc(C)n(Cc2ccncc2)c1N. The van der Waals surface area contributed by atoms with Crippen LogP contribution in [0.2, 0.25) is 0 Å². The van der Waals surface area contributed by atoms with Crippen LogP contribution >= 0.6 is 0 Å². The Morgan fingerprint density at radius 3 is 2.72 bits per heavy atom. The number of nitrogens with zero attached hydrogens (tertiary/aromatic N) is 3. The van der Waals surface area contributed by atoms with Crippen LogP contribution in [0, 0.1) is 6.92 Å². The molecule has 94 valence electrons. The van der Waals surface area contributed by atoms with Gasteiger partial charge in [0, 0.05) is 12.4 Å². The number of aryl methyl sites for hydroxylation is 1. The van der Waals surface area contributed by atoms with Crippen molar-refractivity contribution in [2.75, 3.05) is 12.8 Å². The molecule has 2 N–H and O–H groups in total. The van der Waals surface area contributed by atoms with E-state index in [0.717, 1.165) is 5.56 Å². The summed E-state index contributed by atoms with van der Waals surface area (Å²) in [6, 6.07) is 3.77. The van der Waals surface area contributed by atoms with Crippen LogP contribution in [0.5, 0.6) is 0 Å². The number of methoxy groups -OCH3 is 1. The Hall–Kier alpha value is -2.37. The highest BCUT2D eigenvalue weighted by atomic mass is 16.5. The van der Waals surface area contributed by atoms with Crippen molar-refractivity contribution >= 4 is 11.8 Å². The first-order chi connectivity index (χ1) is 8.63. The monoisotopic (exact) mass is 246 g/mol. The second-order valence-corrected chi connectivity index (χ2v) is 3.83. The topological polar surface area (TPSA) is 83.0 Å². The molecule has 0 aliphatic heterocycles. The van der Waals surface area contributed by atoms with E-state index >= 15 is 0 Å². The normalized spacial score (nSPS) is 10.3. The number of anilines is 1. The van der Waals surface area contributed by atoms with Crippen LogP contribution in [0.25, 0.3) is 0 Å². The molecule has 0 aromatic carbocycles. The molecule has 2 heterocycles. The van der Waals surface area contributed by atoms with Crippen LogP contribution in [-0.4, -0.2) is 27.6 Å². The van der Waals surface area contributed by atoms with Gasteiger partial charge in [-0.2, -0.15) is 0 Å². The number of hydrogen-bond acceptors (Lipinski definition) is 5. The number of hydrogen-bond donors (Lipinski definition) is 1. The molecule has 0 unspecified atom stereocenters. The van der Waals surface area contributed by atoms with Crippen molar-refractivity contribution in [1.82, 2.24) is 14.5 Å². The molecular formula is C12H14N4O2. The molecule has 0 radical (unpaired) electrons. The summed E-state index contributed by atoms with van der Waals surface area (Å²) in [5.74, 6) is 0.463. The number of carbonyl (C=O) groups excluding carboxylic acids is 1. The highest BCUT2D eigenvalue weighted by Gasteiger charge is 2.18. The summed E-state index contributed by atoms with van der Waals surface area (Å²) in [6.45, 7) is 2.34. The molecule has 6 nitrogen and oxygen atoms in total. The van der Waals surface area contributed by atoms with Crippen LogP contribution in [0.15, 0.2) is 24.5 Å². The lowest BCUT2D eigenvalue weighted by atomic mass is 10.2. The lowest BCUT2D eigenvalue weighted by Gasteiger charge is -2.07. The molecule has 18 heavy (non-hydrogen) atoms. The second kappa shape index (κ2) is 4.87. The molecule has 0 spiro atoms. The fourth-order valence-corrected chi connectivity index (χ4v) is 1.70. The molecule has 0 bridgehead atoms. The number of imidazole rings is 1. The van der Waals surface area contributed by atoms with Crippen LogP contribution in [0.1, 0.15) is 21.9 Å². The quantitative estimate of drug-likeness (QED) is 0.817. The summed E-state index contributed by atoms with van der Waals surface area (Å²) in [7, 11) is 1.30. The predicted molar refractivity (Wildman–Crippen MR) is 66.1 cm³/mol. The second-order valence-electron chi connectivity index (χ2n) is 3.83. The Bertz CT molecular complexity index is 563. The van der Waals surface area contributed by atoms with Gasteiger partial charge in [0.15, 0.2) is 5.69 Å². The largest absolute Gasteiger partial charge is 0.464 e. The zero-order chi connectivity index (χ0) is 13.1. The Kier molecular flexibility index (Phi) is 3.27. The summed E-state index contributed by atoms with van der Waals surface area (Å²) < 4.78 is 6.40. The maximum Gasteiger partial charge on any atom is 0.360 e. The molecule has 2 rings (SSSR count). The van der Waals surface area contributed by atoms with Gasteiger partial charge in [0.1, 0.15) is 11.6 Å². The van der Waals surface area contributed by atoms with Crippen LogP contribution in [0.3, 0.4) is 0 Å². The Morgan fingerprint density at radius 2 is 2.11 bits per heavy atom. The Labute approximate surface area is 104 Å². The summed E-state index contributed by atoms with van der Waals surface area (Å²) in [5, 5.41) is 0. The van der Waals surface area contributed by atoms with Crippen molar-refractivity contribution in [2.45, 2.75) is 13.5 Å². The smallest absolute Gasteiger partial charge is 0.360 e. The van der Waals surface area contributed by atoms with Crippen LogP contribution in [0.4, 0.5) is 5.82 Å². The highest BCUT2D eigenvalue weighted by Crippen LogP contribution is 2.16. The van der Waals surface area contributed by atoms with Gasteiger partial charge in [-0.1, -0.05) is 0 Å². The zero-order valence-electron chi connectivity index (χ0n) is 10.3. The van der Waals surface area contributed by atoms with E-state index in [0.29, 0.717) is 18.2 Å². The minimum Gasteiger partial charge on any atom is -0.464 e. The van der Waals surface area contributed by atoms with Gasteiger partial charge in [0.25, 0.3) is 0 Å². The number of nitrogen functional groups attached to an aromatic ring is 1. The van der Waals surface area contributed by atoms with Crippen molar-refractivity contribution < 1.29 is 9.53 Å². The summed E-state index contributed by atoms with van der Waals surface area (Å²) >= 11 is 0. The number of ether oxygens (including phenoxy) is 1. The molecule has 0 aliphatic rings. The molecule has 0 fully saturated rings. The van der Waals surface area contributed by atoms with E-state index in [-0.39, 0.29) is 5.69 Å². The Morgan fingerprint density at radius 1 is 1.44 bits per heavy atom. The lowest BCUT2D eigenvalue weighted by Crippen LogP contribution is -2.09. The standard InChI is InChI=1S/C12H14N4O2/c1-8-15-10(12(17)18-2)11(13)16(8)7-9-3-5-14-6-4-9/h3-6H,7,13H2,1-2H3. The first-order valence-corrected chi connectivity index (χ1v) is 5.43. The van der Waals surface area contributed by atoms with Gasteiger partial charge in [-0.25, -0.2) is 9.78 Å². The first kappa shape index (κ1) is 12.1. The van der Waals surface area contributed by atoms with E-state index in [1.165, 1.54) is 7.11 Å². The molecule has 0 saturated carbocycles. The minimum atomic E-state index is -0.524. The van der Waals surface area contributed by atoms with E-state index in [1.54, 1.807) is 23.9 Å².